The number of piperidine rings is 1. The molecule has 1 atom stereocenters. The smallest absolute Gasteiger partial charge is 0.255 e. The summed E-state index contributed by atoms with van der Waals surface area (Å²) >= 11 is 0. The normalized spacial score (nSPS) is 20.6. The van der Waals surface area contributed by atoms with Crippen molar-refractivity contribution in [2.24, 2.45) is 0 Å². The largest absolute Gasteiger partial charge is 0.376 e. The number of rotatable bonds is 6. The predicted molar refractivity (Wildman–Crippen MR) is 86.9 cm³/mol. The van der Waals surface area contributed by atoms with E-state index < -0.39 is 0 Å². The van der Waals surface area contributed by atoms with E-state index in [1.54, 1.807) is 6.07 Å². The fraction of sp³-hybridized carbons (Fsp3) is 0.588. The minimum atomic E-state index is -0.0181. The van der Waals surface area contributed by atoms with Crippen LogP contribution in [-0.2, 0) is 11.2 Å². The molecule has 0 N–H and O–H groups in total. The van der Waals surface area contributed by atoms with Gasteiger partial charge in [0.15, 0.2) is 5.82 Å². The van der Waals surface area contributed by atoms with Crippen molar-refractivity contribution in [2.75, 3.05) is 19.7 Å². The van der Waals surface area contributed by atoms with Crippen LogP contribution >= 0.6 is 0 Å². The van der Waals surface area contributed by atoms with Gasteiger partial charge < -0.3 is 14.2 Å². The first kappa shape index (κ1) is 16.1. The molecule has 25 heavy (non-hydrogen) atoms. The average Bonchev–Trinajstić information content (AvgIpc) is 3.41. The van der Waals surface area contributed by atoms with Crippen molar-refractivity contribution < 1.29 is 14.1 Å². The second-order valence-corrected chi connectivity index (χ2v) is 6.59. The monoisotopic (exact) mass is 343 g/mol. The number of hydrogen-bond donors (Lipinski definition) is 0. The van der Waals surface area contributed by atoms with E-state index in [4.69, 9.17) is 9.26 Å². The van der Waals surface area contributed by atoms with E-state index in [-0.39, 0.29) is 12.0 Å². The molecule has 3 heterocycles. The van der Waals surface area contributed by atoms with E-state index >= 15 is 0 Å². The Balaban J connectivity index is 1.25. The Morgan fingerprint density at radius 2 is 2.24 bits per heavy atom. The lowest BCUT2D eigenvalue weighted by Crippen LogP contribution is -2.43. The Kier molecular flexibility index (Phi) is 4.69. The lowest BCUT2D eigenvalue weighted by Gasteiger charge is -2.32. The number of carbonyl (C=O) groups excluding carboxylic acids is 1. The van der Waals surface area contributed by atoms with Gasteiger partial charge in [-0.15, -0.1) is 0 Å². The summed E-state index contributed by atoms with van der Waals surface area (Å²) in [5, 5.41) is 11.5. The quantitative estimate of drug-likeness (QED) is 0.786. The molecule has 1 saturated carbocycles. The Morgan fingerprint density at radius 1 is 1.32 bits per heavy atom. The van der Waals surface area contributed by atoms with Gasteiger partial charge in [-0.1, -0.05) is 5.16 Å². The van der Waals surface area contributed by atoms with Crippen LogP contribution in [0.2, 0.25) is 0 Å². The van der Waals surface area contributed by atoms with E-state index in [1.165, 1.54) is 12.4 Å². The van der Waals surface area contributed by atoms with Crippen LogP contribution in [0.1, 0.15) is 53.7 Å². The summed E-state index contributed by atoms with van der Waals surface area (Å²) in [6, 6.07) is 1.69. The number of aromatic nitrogens is 4. The molecule has 2 aromatic rings. The molecule has 1 saturated heterocycles. The highest BCUT2D eigenvalue weighted by atomic mass is 16.5. The van der Waals surface area contributed by atoms with E-state index in [1.807, 2.05) is 4.90 Å². The highest BCUT2D eigenvalue weighted by molar-refractivity contribution is 5.93. The fourth-order valence-corrected chi connectivity index (χ4v) is 3.04. The Bertz CT molecular complexity index is 716. The zero-order valence-corrected chi connectivity index (χ0v) is 14.0. The van der Waals surface area contributed by atoms with Gasteiger partial charge in [-0.2, -0.15) is 15.2 Å². The summed E-state index contributed by atoms with van der Waals surface area (Å²) in [7, 11) is 0. The van der Waals surface area contributed by atoms with Crippen LogP contribution in [0.5, 0.6) is 0 Å². The third-order valence-corrected chi connectivity index (χ3v) is 4.59. The highest BCUT2D eigenvalue weighted by Crippen LogP contribution is 2.38. The molecule has 0 spiro atoms. The molecule has 2 aliphatic rings. The van der Waals surface area contributed by atoms with Crippen LogP contribution in [0.3, 0.4) is 0 Å². The zero-order valence-electron chi connectivity index (χ0n) is 14.0. The zero-order chi connectivity index (χ0) is 17.1. The van der Waals surface area contributed by atoms with Gasteiger partial charge in [0.25, 0.3) is 5.91 Å². The lowest BCUT2D eigenvalue weighted by molar-refractivity contribution is 0.00249. The third kappa shape index (κ3) is 4.01. The molecule has 4 rings (SSSR count). The minimum Gasteiger partial charge on any atom is -0.376 e. The van der Waals surface area contributed by atoms with Crippen molar-refractivity contribution in [3.63, 3.8) is 0 Å². The lowest BCUT2D eigenvalue weighted by atomic mass is 10.1. The summed E-state index contributed by atoms with van der Waals surface area (Å²) in [4.78, 5) is 18.7. The number of nitrogens with zero attached hydrogens (tertiary/aromatic N) is 5. The maximum absolute atomic E-state index is 12.5. The van der Waals surface area contributed by atoms with Gasteiger partial charge in [0.1, 0.15) is 0 Å². The average molecular weight is 343 g/mol. The molecule has 0 bridgehead atoms. The molecule has 2 fully saturated rings. The van der Waals surface area contributed by atoms with Gasteiger partial charge in [0.05, 0.1) is 30.7 Å². The van der Waals surface area contributed by atoms with Crippen molar-refractivity contribution in [1.29, 1.82) is 0 Å². The number of ether oxygens (including phenoxy) is 1. The first-order chi connectivity index (χ1) is 12.3. The molecule has 1 unspecified atom stereocenters. The first-order valence-corrected chi connectivity index (χ1v) is 8.79. The fourth-order valence-electron chi connectivity index (χ4n) is 3.04. The second kappa shape index (κ2) is 7.26. The van der Waals surface area contributed by atoms with Crippen molar-refractivity contribution in [3.05, 3.63) is 35.7 Å². The summed E-state index contributed by atoms with van der Waals surface area (Å²) in [6.45, 7) is 1.88. The standard InChI is InChI=1S/C17H21N5O3/c23-17(13-5-7-18-19-10-13)22-8-1-2-14(11-22)24-9-6-15-20-16(25-21-15)12-3-4-12/h5,7,10,12,14H,1-4,6,8-9,11H2. The van der Waals surface area contributed by atoms with Crippen LogP contribution < -0.4 is 0 Å². The Morgan fingerprint density at radius 3 is 3.04 bits per heavy atom. The topological polar surface area (TPSA) is 94.2 Å². The molecule has 1 amide bonds. The summed E-state index contributed by atoms with van der Waals surface area (Å²) in [6.07, 6.45) is 7.90. The molecule has 2 aromatic heterocycles. The Hall–Kier alpha value is -2.35. The molecular weight excluding hydrogens is 322 g/mol. The van der Waals surface area contributed by atoms with Gasteiger partial charge in [0, 0.05) is 25.4 Å². The van der Waals surface area contributed by atoms with Crippen LogP contribution in [-0.4, -0.2) is 56.9 Å². The van der Waals surface area contributed by atoms with Crippen molar-refractivity contribution >= 4 is 5.91 Å². The molecular formula is C17H21N5O3. The molecule has 1 aliphatic heterocycles. The summed E-state index contributed by atoms with van der Waals surface area (Å²) < 4.78 is 11.2. The maximum atomic E-state index is 12.5. The number of likely N-dealkylation sites (tertiary alicyclic amines) is 1. The maximum Gasteiger partial charge on any atom is 0.255 e. The molecule has 8 heteroatoms. The van der Waals surface area contributed by atoms with Crippen LogP contribution in [0.25, 0.3) is 0 Å². The van der Waals surface area contributed by atoms with E-state index in [2.05, 4.69) is 20.3 Å². The van der Waals surface area contributed by atoms with Gasteiger partial charge in [-0.25, -0.2) is 0 Å². The molecule has 132 valence electrons. The van der Waals surface area contributed by atoms with Gasteiger partial charge in [-0.3, -0.25) is 4.79 Å². The molecule has 8 nitrogen and oxygen atoms in total. The summed E-state index contributed by atoms with van der Waals surface area (Å²) in [5.41, 5.74) is 0.565. The third-order valence-electron chi connectivity index (χ3n) is 4.59. The predicted octanol–water partition coefficient (Wildman–Crippen LogP) is 1.60. The van der Waals surface area contributed by atoms with E-state index in [9.17, 15) is 4.79 Å². The second-order valence-electron chi connectivity index (χ2n) is 6.59. The van der Waals surface area contributed by atoms with Crippen molar-refractivity contribution in [2.45, 2.75) is 44.1 Å². The van der Waals surface area contributed by atoms with E-state index in [0.717, 1.165) is 38.1 Å². The number of carbonyl (C=O) groups is 1. The number of hydrogen-bond acceptors (Lipinski definition) is 7. The summed E-state index contributed by atoms with van der Waals surface area (Å²) in [5.74, 6) is 1.92. The van der Waals surface area contributed by atoms with Gasteiger partial charge in [-0.05, 0) is 31.7 Å². The molecule has 0 radical (unpaired) electrons. The van der Waals surface area contributed by atoms with Gasteiger partial charge in [0.2, 0.25) is 5.89 Å². The minimum absolute atomic E-state index is 0.0181. The van der Waals surface area contributed by atoms with Crippen LogP contribution in [0.15, 0.2) is 23.0 Å². The molecule has 1 aliphatic carbocycles. The molecule has 0 aromatic carbocycles. The van der Waals surface area contributed by atoms with Crippen molar-refractivity contribution in [1.82, 2.24) is 25.2 Å². The highest BCUT2D eigenvalue weighted by Gasteiger charge is 2.29. The SMILES string of the molecule is O=C(c1ccnnc1)N1CCCC(OCCc2noc(C3CC3)n2)C1. The van der Waals surface area contributed by atoms with E-state index in [0.29, 0.717) is 36.9 Å². The number of amides is 1. The Labute approximate surface area is 145 Å². The van der Waals surface area contributed by atoms with Crippen LogP contribution in [0.4, 0.5) is 0 Å². The van der Waals surface area contributed by atoms with Crippen molar-refractivity contribution in [3.8, 4) is 0 Å². The van der Waals surface area contributed by atoms with Gasteiger partial charge >= 0.3 is 0 Å². The first-order valence-electron chi connectivity index (χ1n) is 8.79. The van der Waals surface area contributed by atoms with Crippen LogP contribution in [0, 0.1) is 0 Å².